The lowest BCUT2D eigenvalue weighted by molar-refractivity contribution is 0.134. The van der Waals surface area contributed by atoms with Gasteiger partial charge in [-0.2, -0.15) is 0 Å². The molecule has 2 unspecified atom stereocenters. The third-order valence-electron chi connectivity index (χ3n) is 4.30. The summed E-state index contributed by atoms with van der Waals surface area (Å²) in [4.78, 5) is 2.59. The van der Waals surface area contributed by atoms with Gasteiger partial charge in [0.25, 0.3) is 0 Å². The zero-order valence-electron chi connectivity index (χ0n) is 11.7. The fraction of sp³-hybridized carbons (Fsp3) is 0.625. The Kier molecular flexibility index (Phi) is 4.79. The molecule has 1 aromatic rings. The van der Waals surface area contributed by atoms with Crippen LogP contribution in [0, 0.1) is 5.92 Å². The molecule has 1 saturated heterocycles. The van der Waals surface area contributed by atoms with E-state index in [1.807, 2.05) is 0 Å². The second-order valence-corrected chi connectivity index (χ2v) is 5.51. The molecule has 0 spiro atoms. The highest BCUT2D eigenvalue weighted by molar-refractivity contribution is 5.24. The molecule has 1 aliphatic heterocycles. The predicted molar refractivity (Wildman–Crippen MR) is 77.6 cm³/mol. The molecule has 1 heterocycles. The number of aryl methyl sites for hydroxylation is 1. The van der Waals surface area contributed by atoms with Gasteiger partial charge in [0.05, 0.1) is 0 Å². The molecule has 1 aliphatic rings. The highest BCUT2D eigenvalue weighted by atomic mass is 15.2. The Balaban J connectivity index is 2.02. The fourth-order valence-electron chi connectivity index (χ4n) is 2.88. The number of likely N-dealkylation sites (tertiary alicyclic amines) is 1. The average Bonchev–Trinajstić information content (AvgIpc) is 2.46. The van der Waals surface area contributed by atoms with Crippen molar-refractivity contribution in [1.82, 2.24) is 4.90 Å². The number of hydrogen-bond donors (Lipinski definition) is 1. The number of nitrogens with two attached hydrogens (primary N) is 1. The van der Waals surface area contributed by atoms with Crippen LogP contribution in [-0.4, -0.2) is 24.5 Å². The molecule has 2 heteroatoms. The molecule has 0 bridgehead atoms. The van der Waals surface area contributed by atoms with Crippen molar-refractivity contribution in [2.45, 2.75) is 39.2 Å². The van der Waals surface area contributed by atoms with Crippen molar-refractivity contribution in [2.24, 2.45) is 11.7 Å². The van der Waals surface area contributed by atoms with Crippen LogP contribution in [0.3, 0.4) is 0 Å². The summed E-state index contributed by atoms with van der Waals surface area (Å²) in [5.74, 6) is 0.691. The number of piperidine rings is 1. The van der Waals surface area contributed by atoms with E-state index in [0.717, 1.165) is 19.5 Å². The molecule has 0 aliphatic carbocycles. The molecule has 100 valence electrons. The lowest BCUT2D eigenvalue weighted by Gasteiger charge is -2.36. The van der Waals surface area contributed by atoms with Crippen molar-refractivity contribution in [3.63, 3.8) is 0 Å². The minimum absolute atomic E-state index is 0.519. The molecule has 2 N–H and O–H groups in total. The second kappa shape index (κ2) is 6.35. The Hall–Kier alpha value is -0.860. The molecule has 1 fully saturated rings. The van der Waals surface area contributed by atoms with E-state index in [-0.39, 0.29) is 0 Å². The molecule has 2 atom stereocenters. The molecule has 0 radical (unpaired) electrons. The monoisotopic (exact) mass is 246 g/mol. The summed E-state index contributed by atoms with van der Waals surface area (Å²) in [5, 5.41) is 0. The van der Waals surface area contributed by atoms with Crippen LogP contribution >= 0.6 is 0 Å². The Labute approximate surface area is 111 Å². The molecular weight excluding hydrogens is 220 g/mol. The van der Waals surface area contributed by atoms with Crippen molar-refractivity contribution in [2.75, 3.05) is 19.6 Å². The van der Waals surface area contributed by atoms with Gasteiger partial charge in [-0.25, -0.2) is 0 Å². The van der Waals surface area contributed by atoms with Gasteiger partial charge in [0.15, 0.2) is 0 Å². The zero-order valence-corrected chi connectivity index (χ0v) is 11.7. The minimum atomic E-state index is 0.519. The van der Waals surface area contributed by atoms with Crippen molar-refractivity contribution in [3.05, 3.63) is 35.4 Å². The fourth-order valence-corrected chi connectivity index (χ4v) is 2.88. The number of nitrogens with zero attached hydrogens (tertiary/aromatic N) is 1. The van der Waals surface area contributed by atoms with Crippen molar-refractivity contribution in [3.8, 4) is 0 Å². The van der Waals surface area contributed by atoms with Gasteiger partial charge in [0, 0.05) is 12.6 Å². The van der Waals surface area contributed by atoms with Crippen LogP contribution in [0.15, 0.2) is 24.3 Å². The third-order valence-corrected chi connectivity index (χ3v) is 4.30. The second-order valence-electron chi connectivity index (χ2n) is 5.51. The van der Waals surface area contributed by atoms with E-state index in [2.05, 4.69) is 43.0 Å². The summed E-state index contributed by atoms with van der Waals surface area (Å²) < 4.78 is 0. The first kappa shape index (κ1) is 13.6. The van der Waals surface area contributed by atoms with E-state index in [4.69, 9.17) is 5.73 Å². The first-order valence-corrected chi connectivity index (χ1v) is 7.27. The molecule has 0 aromatic heterocycles. The molecule has 2 nitrogen and oxygen atoms in total. The van der Waals surface area contributed by atoms with Crippen LogP contribution in [-0.2, 0) is 6.42 Å². The standard InChI is InChI=1S/C16H26N2/c1-3-14-6-8-16(9-7-14)13(2)18-10-4-5-15(11-17)12-18/h6-9,13,15H,3-5,10-12,17H2,1-2H3. The largest absolute Gasteiger partial charge is 0.330 e. The third kappa shape index (κ3) is 3.12. The molecular formula is C16H26N2. The Morgan fingerprint density at radius 3 is 2.67 bits per heavy atom. The SMILES string of the molecule is CCc1ccc(C(C)N2CCCC(CN)C2)cc1. The highest BCUT2D eigenvalue weighted by Crippen LogP contribution is 2.26. The molecule has 0 amide bonds. The van der Waals surface area contributed by atoms with Gasteiger partial charge in [0.1, 0.15) is 0 Å². The lowest BCUT2D eigenvalue weighted by atomic mass is 9.95. The topological polar surface area (TPSA) is 29.3 Å². The number of benzene rings is 1. The van der Waals surface area contributed by atoms with Gasteiger partial charge in [0.2, 0.25) is 0 Å². The quantitative estimate of drug-likeness (QED) is 0.885. The van der Waals surface area contributed by atoms with Crippen molar-refractivity contribution < 1.29 is 0 Å². The van der Waals surface area contributed by atoms with Crippen LogP contribution in [0.4, 0.5) is 0 Å². The lowest BCUT2D eigenvalue weighted by Crippen LogP contribution is -2.39. The van der Waals surface area contributed by atoms with Crippen LogP contribution in [0.25, 0.3) is 0 Å². The van der Waals surface area contributed by atoms with E-state index in [1.165, 1.54) is 30.5 Å². The van der Waals surface area contributed by atoms with E-state index in [1.54, 1.807) is 0 Å². The van der Waals surface area contributed by atoms with E-state index in [9.17, 15) is 0 Å². The molecule has 2 rings (SSSR count). The van der Waals surface area contributed by atoms with Gasteiger partial charge in [-0.1, -0.05) is 31.2 Å². The first-order valence-electron chi connectivity index (χ1n) is 7.27. The van der Waals surface area contributed by atoms with Gasteiger partial charge in [-0.3, -0.25) is 4.90 Å². The van der Waals surface area contributed by atoms with Gasteiger partial charge >= 0.3 is 0 Å². The van der Waals surface area contributed by atoms with Crippen LogP contribution in [0.2, 0.25) is 0 Å². The van der Waals surface area contributed by atoms with E-state index in [0.29, 0.717) is 12.0 Å². The molecule has 1 aromatic carbocycles. The Morgan fingerprint density at radius 2 is 2.06 bits per heavy atom. The summed E-state index contributed by atoms with van der Waals surface area (Å²) in [7, 11) is 0. The maximum absolute atomic E-state index is 5.82. The predicted octanol–water partition coefficient (Wildman–Crippen LogP) is 2.98. The van der Waals surface area contributed by atoms with E-state index >= 15 is 0 Å². The first-order chi connectivity index (χ1) is 8.74. The zero-order chi connectivity index (χ0) is 13.0. The number of rotatable bonds is 4. The summed E-state index contributed by atoms with van der Waals surface area (Å²) in [6, 6.07) is 9.61. The maximum Gasteiger partial charge on any atom is 0.0320 e. The van der Waals surface area contributed by atoms with Crippen molar-refractivity contribution >= 4 is 0 Å². The normalized spacial score (nSPS) is 22.9. The Bertz CT molecular complexity index is 358. The summed E-state index contributed by atoms with van der Waals surface area (Å²) >= 11 is 0. The summed E-state index contributed by atoms with van der Waals surface area (Å²) in [6.45, 7) is 7.73. The average molecular weight is 246 g/mol. The summed E-state index contributed by atoms with van der Waals surface area (Å²) in [6.07, 6.45) is 3.71. The minimum Gasteiger partial charge on any atom is -0.330 e. The van der Waals surface area contributed by atoms with Crippen LogP contribution < -0.4 is 5.73 Å². The maximum atomic E-state index is 5.82. The van der Waals surface area contributed by atoms with Crippen molar-refractivity contribution in [1.29, 1.82) is 0 Å². The van der Waals surface area contributed by atoms with Crippen LogP contribution in [0.1, 0.15) is 43.9 Å². The van der Waals surface area contributed by atoms with E-state index < -0.39 is 0 Å². The smallest absolute Gasteiger partial charge is 0.0320 e. The Morgan fingerprint density at radius 1 is 1.33 bits per heavy atom. The molecule has 0 saturated carbocycles. The van der Waals surface area contributed by atoms with Gasteiger partial charge in [-0.05, 0) is 56.3 Å². The van der Waals surface area contributed by atoms with Gasteiger partial charge < -0.3 is 5.73 Å². The van der Waals surface area contributed by atoms with Crippen LogP contribution in [0.5, 0.6) is 0 Å². The number of hydrogen-bond acceptors (Lipinski definition) is 2. The van der Waals surface area contributed by atoms with Gasteiger partial charge in [-0.15, -0.1) is 0 Å². The highest BCUT2D eigenvalue weighted by Gasteiger charge is 2.23. The summed E-state index contributed by atoms with van der Waals surface area (Å²) in [5.41, 5.74) is 8.67. The molecule has 18 heavy (non-hydrogen) atoms.